The number of hydrogen-bond acceptors (Lipinski definition) is 1. The molecule has 0 bridgehead atoms. The lowest BCUT2D eigenvalue weighted by atomic mass is 9.66. The summed E-state index contributed by atoms with van der Waals surface area (Å²) in [6.07, 6.45) is 3.84. The minimum atomic E-state index is -0.253. The van der Waals surface area contributed by atoms with Gasteiger partial charge in [0.1, 0.15) is 5.78 Å². The number of carbonyl (C=O) groups excluding carboxylic acids is 1. The molecule has 1 nitrogen and oxygen atoms in total. The van der Waals surface area contributed by atoms with Crippen LogP contribution in [0.25, 0.3) is 0 Å². The molecule has 0 saturated heterocycles. The number of hydrogen-bond donors (Lipinski definition) is 0. The van der Waals surface area contributed by atoms with Crippen molar-refractivity contribution in [2.75, 3.05) is 0 Å². The van der Waals surface area contributed by atoms with E-state index in [4.69, 9.17) is 0 Å². The molecule has 0 unspecified atom stereocenters. The van der Waals surface area contributed by atoms with Crippen molar-refractivity contribution >= 4 is 5.78 Å². The molecular weight excluding hydrogens is 148 g/mol. The van der Waals surface area contributed by atoms with Gasteiger partial charge in [-0.15, -0.1) is 6.58 Å². The van der Waals surface area contributed by atoms with Crippen molar-refractivity contribution in [2.24, 2.45) is 17.3 Å². The average Bonchev–Trinajstić information content (AvgIpc) is 2.00. The molecule has 0 N–H and O–H groups in total. The van der Waals surface area contributed by atoms with E-state index < -0.39 is 0 Å². The third kappa shape index (κ3) is 1.45. The van der Waals surface area contributed by atoms with E-state index in [1.165, 1.54) is 0 Å². The highest BCUT2D eigenvalue weighted by Gasteiger charge is 2.39. The average molecular weight is 166 g/mol. The molecule has 0 aromatic rings. The van der Waals surface area contributed by atoms with E-state index in [0.717, 1.165) is 12.8 Å². The number of ketones is 1. The smallest absolute Gasteiger partial charge is 0.145 e. The summed E-state index contributed by atoms with van der Waals surface area (Å²) in [6.45, 7) is 10.0. The maximum Gasteiger partial charge on any atom is 0.145 e. The van der Waals surface area contributed by atoms with Crippen LogP contribution in [-0.4, -0.2) is 5.78 Å². The van der Waals surface area contributed by atoms with Gasteiger partial charge >= 0.3 is 0 Å². The number of allylic oxidation sites excluding steroid dienone is 1. The zero-order chi connectivity index (χ0) is 9.35. The summed E-state index contributed by atoms with van der Waals surface area (Å²) in [7, 11) is 0. The molecule has 0 aromatic carbocycles. The van der Waals surface area contributed by atoms with Crippen molar-refractivity contribution in [3.05, 3.63) is 12.7 Å². The second-order valence-corrected chi connectivity index (χ2v) is 4.43. The molecule has 0 heterocycles. The Morgan fingerprint density at radius 1 is 1.58 bits per heavy atom. The van der Waals surface area contributed by atoms with Crippen LogP contribution in [0, 0.1) is 17.3 Å². The topological polar surface area (TPSA) is 17.1 Å². The van der Waals surface area contributed by atoms with Crippen molar-refractivity contribution in [3.63, 3.8) is 0 Å². The van der Waals surface area contributed by atoms with E-state index in [1.54, 1.807) is 0 Å². The third-order valence-corrected chi connectivity index (χ3v) is 2.99. The molecule has 1 fully saturated rings. The lowest BCUT2D eigenvalue weighted by molar-refractivity contribution is -0.133. The summed E-state index contributed by atoms with van der Waals surface area (Å²) in [5.74, 6) is 1.24. The Morgan fingerprint density at radius 3 is 2.67 bits per heavy atom. The van der Waals surface area contributed by atoms with Crippen LogP contribution in [-0.2, 0) is 4.79 Å². The quantitative estimate of drug-likeness (QED) is 0.547. The minimum Gasteiger partial charge on any atom is -0.298 e. The van der Waals surface area contributed by atoms with Crippen LogP contribution < -0.4 is 0 Å². The van der Waals surface area contributed by atoms with Crippen LogP contribution in [0.4, 0.5) is 0 Å². The fraction of sp³-hybridized carbons (Fsp3) is 0.727. The lowest BCUT2D eigenvalue weighted by Gasteiger charge is -2.36. The molecule has 1 aliphatic carbocycles. The maximum atomic E-state index is 11.8. The van der Waals surface area contributed by atoms with Gasteiger partial charge in [-0.25, -0.2) is 0 Å². The Balaban J connectivity index is 2.86. The van der Waals surface area contributed by atoms with Crippen molar-refractivity contribution in [1.82, 2.24) is 0 Å². The number of carbonyl (C=O) groups is 1. The Bertz CT molecular complexity index is 207. The Kier molecular flexibility index (Phi) is 2.41. The van der Waals surface area contributed by atoms with Gasteiger partial charge in [-0.2, -0.15) is 0 Å². The largest absolute Gasteiger partial charge is 0.298 e. The molecule has 3 atom stereocenters. The second kappa shape index (κ2) is 3.04. The standard InChI is InChI=1S/C11H18O/c1-5-11(4)7-8(2)6-9(3)10(11)12/h5,8-9H,1,6-7H2,2-4H3/t8-,9+,11-/m1/s1. The zero-order valence-corrected chi connectivity index (χ0v) is 8.26. The van der Waals surface area contributed by atoms with E-state index in [2.05, 4.69) is 13.5 Å². The maximum absolute atomic E-state index is 11.8. The van der Waals surface area contributed by atoms with E-state index in [9.17, 15) is 4.79 Å². The first-order valence-corrected chi connectivity index (χ1v) is 4.67. The van der Waals surface area contributed by atoms with E-state index >= 15 is 0 Å². The van der Waals surface area contributed by atoms with Crippen molar-refractivity contribution in [3.8, 4) is 0 Å². The molecule has 0 spiro atoms. The van der Waals surface area contributed by atoms with E-state index in [0.29, 0.717) is 11.7 Å². The van der Waals surface area contributed by atoms with Crippen LogP contribution in [0.2, 0.25) is 0 Å². The molecule has 0 amide bonds. The molecule has 1 aliphatic rings. The molecule has 0 radical (unpaired) electrons. The van der Waals surface area contributed by atoms with Gasteiger partial charge in [0.2, 0.25) is 0 Å². The number of Topliss-reactive ketones (excluding diaryl/α,β-unsaturated/α-hetero) is 1. The highest BCUT2D eigenvalue weighted by atomic mass is 16.1. The van der Waals surface area contributed by atoms with E-state index in [1.807, 2.05) is 19.9 Å². The Hall–Kier alpha value is -0.590. The first kappa shape index (κ1) is 9.50. The number of rotatable bonds is 1. The van der Waals surface area contributed by atoms with E-state index in [-0.39, 0.29) is 11.3 Å². The SMILES string of the molecule is C=C[C@]1(C)C[C@H](C)C[C@H](C)C1=O. The zero-order valence-electron chi connectivity index (χ0n) is 8.26. The minimum absolute atomic E-state index is 0.219. The predicted molar refractivity (Wildman–Crippen MR) is 50.9 cm³/mol. The highest BCUT2D eigenvalue weighted by molar-refractivity contribution is 5.88. The van der Waals surface area contributed by atoms with Gasteiger partial charge in [0.25, 0.3) is 0 Å². The second-order valence-electron chi connectivity index (χ2n) is 4.43. The lowest BCUT2D eigenvalue weighted by Crippen LogP contribution is -2.37. The van der Waals surface area contributed by atoms with Crippen molar-refractivity contribution in [2.45, 2.75) is 33.6 Å². The molecule has 1 heteroatoms. The van der Waals surface area contributed by atoms with Gasteiger partial charge in [-0.1, -0.05) is 19.9 Å². The molecule has 1 rings (SSSR count). The summed E-state index contributed by atoms with van der Waals surface area (Å²) in [5.41, 5.74) is -0.253. The van der Waals surface area contributed by atoms with Gasteiger partial charge in [-0.3, -0.25) is 4.79 Å². The van der Waals surface area contributed by atoms with Gasteiger partial charge in [0.05, 0.1) is 0 Å². The molecule has 12 heavy (non-hydrogen) atoms. The Labute approximate surface area is 74.9 Å². The fourth-order valence-corrected chi connectivity index (χ4v) is 2.37. The molecule has 68 valence electrons. The fourth-order valence-electron chi connectivity index (χ4n) is 2.37. The summed E-state index contributed by atoms with van der Waals surface area (Å²) in [6, 6.07) is 0. The third-order valence-electron chi connectivity index (χ3n) is 2.99. The monoisotopic (exact) mass is 166 g/mol. The highest BCUT2D eigenvalue weighted by Crippen LogP contribution is 2.39. The predicted octanol–water partition coefficient (Wildman–Crippen LogP) is 2.81. The Morgan fingerprint density at radius 2 is 2.17 bits per heavy atom. The van der Waals surface area contributed by atoms with Crippen molar-refractivity contribution in [1.29, 1.82) is 0 Å². The summed E-state index contributed by atoms with van der Waals surface area (Å²) >= 11 is 0. The first-order valence-electron chi connectivity index (χ1n) is 4.67. The molecule has 0 aromatic heterocycles. The first-order chi connectivity index (χ1) is 5.49. The molecule has 0 aliphatic heterocycles. The summed E-state index contributed by atoms with van der Waals surface area (Å²) in [4.78, 5) is 11.8. The van der Waals surface area contributed by atoms with Crippen molar-refractivity contribution < 1.29 is 4.79 Å². The van der Waals surface area contributed by atoms with Gasteiger partial charge < -0.3 is 0 Å². The molecule has 1 saturated carbocycles. The van der Waals surface area contributed by atoms with Crippen LogP contribution >= 0.6 is 0 Å². The van der Waals surface area contributed by atoms with Gasteiger partial charge in [0.15, 0.2) is 0 Å². The van der Waals surface area contributed by atoms with Gasteiger partial charge in [-0.05, 0) is 25.7 Å². The van der Waals surface area contributed by atoms with Gasteiger partial charge in [0, 0.05) is 11.3 Å². The van der Waals surface area contributed by atoms with Crippen LogP contribution in [0.5, 0.6) is 0 Å². The molecular formula is C11H18O. The van der Waals surface area contributed by atoms with Crippen LogP contribution in [0.1, 0.15) is 33.6 Å². The van der Waals surface area contributed by atoms with Crippen LogP contribution in [0.3, 0.4) is 0 Å². The summed E-state index contributed by atoms with van der Waals surface area (Å²) < 4.78 is 0. The van der Waals surface area contributed by atoms with Crippen LogP contribution in [0.15, 0.2) is 12.7 Å². The summed E-state index contributed by atoms with van der Waals surface area (Å²) in [5, 5.41) is 0. The normalized spacial score (nSPS) is 42.8.